The molecule has 1 heterocycles. The van der Waals surface area contributed by atoms with Gasteiger partial charge in [0.05, 0.1) is 5.56 Å². The normalized spacial score (nSPS) is 21.6. The van der Waals surface area contributed by atoms with Crippen LogP contribution in [0.25, 0.3) is 0 Å². The predicted octanol–water partition coefficient (Wildman–Crippen LogP) is 2.89. The lowest BCUT2D eigenvalue weighted by atomic mass is 10.1. The number of nitrogens with one attached hydrogen (secondary N) is 1. The second-order valence-electron chi connectivity index (χ2n) is 4.93. The molecule has 1 aliphatic rings. The van der Waals surface area contributed by atoms with Gasteiger partial charge in [0.25, 0.3) is 0 Å². The van der Waals surface area contributed by atoms with Crippen LogP contribution in [-0.2, 0) is 12.7 Å². The number of nitrogens with zero attached hydrogens (tertiary/aromatic N) is 1. The largest absolute Gasteiger partial charge is 0.416 e. The average Bonchev–Trinajstić information content (AvgIpc) is 2.39. The third-order valence-electron chi connectivity index (χ3n) is 3.58. The first kappa shape index (κ1) is 14.3. The Morgan fingerprint density at radius 1 is 1.37 bits per heavy atom. The molecule has 2 rings (SSSR count). The van der Waals surface area contributed by atoms with E-state index in [9.17, 15) is 13.2 Å². The Morgan fingerprint density at radius 3 is 2.84 bits per heavy atom. The van der Waals surface area contributed by atoms with Crippen molar-refractivity contribution in [2.24, 2.45) is 0 Å². The van der Waals surface area contributed by atoms with E-state index in [0.717, 1.165) is 37.7 Å². The number of hydrogen-bond acceptors (Lipinski definition) is 2. The maximum Gasteiger partial charge on any atom is 0.416 e. The second-order valence-corrected chi connectivity index (χ2v) is 4.93. The number of alkyl halides is 3. The van der Waals surface area contributed by atoms with Crippen molar-refractivity contribution in [3.8, 4) is 0 Å². The van der Waals surface area contributed by atoms with E-state index in [0.29, 0.717) is 12.6 Å². The molecule has 0 radical (unpaired) electrons. The maximum atomic E-state index is 12.7. The standard InChI is InChI=1S/C14H19F3N2/c1-2-13-9-18-6-7-19(13)10-11-4-3-5-12(8-11)14(15,16)17/h3-5,8,13,18H,2,6-7,9-10H2,1H3. The minimum atomic E-state index is -4.26. The highest BCUT2D eigenvalue weighted by Crippen LogP contribution is 2.29. The Kier molecular flexibility index (Phi) is 4.47. The van der Waals surface area contributed by atoms with E-state index >= 15 is 0 Å². The summed E-state index contributed by atoms with van der Waals surface area (Å²) in [6, 6.07) is 6.04. The molecule has 1 aromatic carbocycles. The van der Waals surface area contributed by atoms with E-state index in [1.54, 1.807) is 6.07 Å². The quantitative estimate of drug-likeness (QED) is 0.910. The third-order valence-corrected chi connectivity index (χ3v) is 3.58. The Labute approximate surface area is 111 Å². The summed E-state index contributed by atoms with van der Waals surface area (Å²) in [6.45, 7) is 5.39. The van der Waals surface area contributed by atoms with Crippen LogP contribution in [0, 0.1) is 0 Å². The molecule has 0 saturated carbocycles. The Balaban J connectivity index is 2.10. The summed E-state index contributed by atoms with van der Waals surface area (Å²) in [4.78, 5) is 2.26. The summed E-state index contributed by atoms with van der Waals surface area (Å²) < 4.78 is 38.0. The van der Waals surface area contributed by atoms with Crippen molar-refractivity contribution in [2.45, 2.75) is 32.1 Å². The van der Waals surface area contributed by atoms with Crippen LogP contribution in [-0.4, -0.2) is 30.6 Å². The monoisotopic (exact) mass is 272 g/mol. The average molecular weight is 272 g/mol. The molecule has 0 amide bonds. The summed E-state index contributed by atoms with van der Waals surface area (Å²) >= 11 is 0. The summed E-state index contributed by atoms with van der Waals surface area (Å²) in [5, 5.41) is 3.32. The van der Waals surface area contributed by atoms with Crippen LogP contribution in [0.4, 0.5) is 13.2 Å². The van der Waals surface area contributed by atoms with Gasteiger partial charge in [-0.1, -0.05) is 25.1 Å². The van der Waals surface area contributed by atoms with E-state index in [2.05, 4.69) is 17.1 Å². The molecule has 1 fully saturated rings. The van der Waals surface area contributed by atoms with Crippen LogP contribution in [0.5, 0.6) is 0 Å². The second kappa shape index (κ2) is 5.92. The Morgan fingerprint density at radius 2 is 2.16 bits per heavy atom. The van der Waals surface area contributed by atoms with Gasteiger partial charge in [0.15, 0.2) is 0 Å². The first-order valence-corrected chi connectivity index (χ1v) is 6.61. The molecule has 106 valence electrons. The zero-order valence-corrected chi connectivity index (χ0v) is 11.0. The molecule has 19 heavy (non-hydrogen) atoms. The van der Waals surface area contributed by atoms with Gasteiger partial charge in [-0.15, -0.1) is 0 Å². The number of halogens is 3. The van der Waals surface area contributed by atoms with E-state index in [1.807, 2.05) is 0 Å². The summed E-state index contributed by atoms with van der Waals surface area (Å²) in [5.74, 6) is 0. The molecular weight excluding hydrogens is 253 g/mol. The van der Waals surface area contributed by atoms with Crippen LogP contribution in [0.15, 0.2) is 24.3 Å². The lowest BCUT2D eigenvalue weighted by Crippen LogP contribution is -2.50. The molecule has 0 bridgehead atoms. The number of hydrogen-bond donors (Lipinski definition) is 1. The lowest BCUT2D eigenvalue weighted by Gasteiger charge is -2.35. The molecule has 1 saturated heterocycles. The molecule has 5 heteroatoms. The van der Waals surface area contributed by atoms with Gasteiger partial charge >= 0.3 is 6.18 Å². The zero-order valence-electron chi connectivity index (χ0n) is 11.0. The highest BCUT2D eigenvalue weighted by atomic mass is 19.4. The first-order valence-electron chi connectivity index (χ1n) is 6.61. The topological polar surface area (TPSA) is 15.3 Å². The summed E-state index contributed by atoms with van der Waals surface area (Å²) in [7, 11) is 0. The highest BCUT2D eigenvalue weighted by Gasteiger charge is 2.30. The van der Waals surface area contributed by atoms with Crippen molar-refractivity contribution in [1.29, 1.82) is 0 Å². The number of benzene rings is 1. The van der Waals surface area contributed by atoms with Crippen molar-refractivity contribution in [1.82, 2.24) is 10.2 Å². The molecule has 0 spiro atoms. The molecule has 2 nitrogen and oxygen atoms in total. The van der Waals surface area contributed by atoms with Crippen LogP contribution in [0.1, 0.15) is 24.5 Å². The van der Waals surface area contributed by atoms with Crippen molar-refractivity contribution >= 4 is 0 Å². The fraction of sp³-hybridized carbons (Fsp3) is 0.571. The Bertz CT molecular complexity index is 417. The number of piperazine rings is 1. The fourth-order valence-corrected chi connectivity index (χ4v) is 2.49. The van der Waals surface area contributed by atoms with Gasteiger partial charge in [0.1, 0.15) is 0 Å². The van der Waals surface area contributed by atoms with Crippen molar-refractivity contribution in [2.75, 3.05) is 19.6 Å². The third kappa shape index (κ3) is 3.70. The first-order chi connectivity index (χ1) is 9.00. The molecule has 1 aliphatic heterocycles. The van der Waals surface area contributed by atoms with Crippen molar-refractivity contribution in [3.63, 3.8) is 0 Å². The van der Waals surface area contributed by atoms with Gasteiger partial charge < -0.3 is 5.32 Å². The van der Waals surface area contributed by atoms with E-state index in [1.165, 1.54) is 12.1 Å². The number of rotatable bonds is 3. The van der Waals surface area contributed by atoms with Crippen LogP contribution >= 0.6 is 0 Å². The minimum absolute atomic E-state index is 0.406. The predicted molar refractivity (Wildman–Crippen MR) is 68.8 cm³/mol. The van der Waals surface area contributed by atoms with Gasteiger partial charge in [-0.05, 0) is 18.1 Å². The van der Waals surface area contributed by atoms with E-state index < -0.39 is 11.7 Å². The highest BCUT2D eigenvalue weighted by molar-refractivity contribution is 5.25. The molecule has 0 aliphatic carbocycles. The molecule has 1 unspecified atom stereocenters. The molecule has 1 N–H and O–H groups in total. The lowest BCUT2D eigenvalue weighted by molar-refractivity contribution is -0.137. The van der Waals surface area contributed by atoms with Crippen molar-refractivity contribution < 1.29 is 13.2 Å². The van der Waals surface area contributed by atoms with Crippen molar-refractivity contribution in [3.05, 3.63) is 35.4 Å². The molecule has 1 atom stereocenters. The maximum absolute atomic E-state index is 12.7. The van der Waals surface area contributed by atoms with Crippen LogP contribution in [0.3, 0.4) is 0 Å². The van der Waals surface area contributed by atoms with Crippen LogP contribution < -0.4 is 5.32 Å². The minimum Gasteiger partial charge on any atom is -0.314 e. The Hall–Kier alpha value is -1.07. The van der Waals surface area contributed by atoms with Gasteiger partial charge in [-0.3, -0.25) is 4.90 Å². The van der Waals surface area contributed by atoms with Gasteiger partial charge in [-0.2, -0.15) is 13.2 Å². The fourth-order valence-electron chi connectivity index (χ4n) is 2.49. The SMILES string of the molecule is CCC1CNCCN1Cc1cccc(C(F)(F)F)c1. The van der Waals surface area contributed by atoms with Gasteiger partial charge in [0.2, 0.25) is 0 Å². The molecule has 1 aromatic rings. The summed E-state index contributed by atoms with van der Waals surface area (Å²) in [5.41, 5.74) is 0.170. The van der Waals surface area contributed by atoms with Gasteiger partial charge in [-0.25, -0.2) is 0 Å². The van der Waals surface area contributed by atoms with Gasteiger partial charge in [0, 0.05) is 32.2 Å². The van der Waals surface area contributed by atoms with E-state index in [4.69, 9.17) is 0 Å². The van der Waals surface area contributed by atoms with E-state index in [-0.39, 0.29) is 0 Å². The zero-order chi connectivity index (χ0) is 13.9. The molecule has 0 aromatic heterocycles. The van der Waals surface area contributed by atoms with Crippen LogP contribution in [0.2, 0.25) is 0 Å². The smallest absolute Gasteiger partial charge is 0.314 e. The summed E-state index contributed by atoms with van der Waals surface area (Å²) in [6.07, 6.45) is -3.25. The molecular formula is C14H19F3N2.